The molecule has 0 aromatic carbocycles. The lowest BCUT2D eigenvalue weighted by atomic mass is 9.49. The van der Waals surface area contributed by atoms with Crippen molar-refractivity contribution in [2.75, 3.05) is 6.16 Å². The van der Waals surface area contributed by atoms with E-state index in [4.69, 9.17) is 14.2 Å². The summed E-state index contributed by atoms with van der Waals surface area (Å²) < 4.78 is 19.4. The maximum Gasteiger partial charge on any atom is 0.172 e. The van der Waals surface area contributed by atoms with Gasteiger partial charge >= 0.3 is 0 Å². The minimum absolute atomic E-state index is 0.0873. The fourth-order valence-electron chi connectivity index (χ4n) is 6.83. The van der Waals surface area contributed by atoms with Gasteiger partial charge in [-0.25, -0.2) is 0 Å². The second-order valence-electron chi connectivity index (χ2n) is 8.55. The molecule has 5 fully saturated rings. The van der Waals surface area contributed by atoms with E-state index in [9.17, 15) is 0 Å². The third-order valence-corrected chi connectivity index (χ3v) is 7.54. The lowest BCUT2D eigenvalue weighted by Gasteiger charge is -2.76. The molecule has 5 unspecified atom stereocenters. The monoisotopic (exact) mass is 312 g/mol. The van der Waals surface area contributed by atoms with E-state index in [0.29, 0.717) is 5.92 Å². The lowest BCUT2D eigenvalue weighted by Crippen LogP contribution is -2.83. The number of rotatable bonds is 2. The average molecular weight is 312 g/mol. The highest BCUT2D eigenvalue weighted by molar-refractivity contribution is 7.16. The Kier molecular flexibility index (Phi) is 2.86. The smallest absolute Gasteiger partial charge is 0.172 e. The van der Waals surface area contributed by atoms with Crippen LogP contribution in [0.5, 0.6) is 0 Å². The molecule has 21 heavy (non-hydrogen) atoms. The molecule has 5 atom stereocenters. The molecule has 4 aliphatic heterocycles. The molecular formula is C17H29O3P. The normalized spacial score (nSPS) is 59.9. The molecule has 4 heterocycles. The van der Waals surface area contributed by atoms with Crippen LogP contribution in [-0.4, -0.2) is 28.9 Å². The van der Waals surface area contributed by atoms with Gasteiger partial charge in [-0.1, -0.05) is 12.8 Å². The molecule has 120 valence electrons. The Bertz CT molecular complexity index is 427. The molecule has 0 aromatic heterocycles. The third kappa shape index (κ3) is 1.65. The van der Waals surface area contributed by atoms with Crippen molar-refractivity contribution in [2.45, 2.75) is 89.0 Å². The van der Waals surface area contributed by atoms with Crippen molar-refractivity contribution in [1.29, 1.82) is 0 Å². The Hall–Kier alpha value is 0.310. The first kappa shape index (κ1) is 14.9. The first-order valence-electron chi connectivity index (χ1n) is 8.51. The predicted octanol–water partition coefficient (Wildman–Crippen LogP) is 3.86. The zero-order valence-electron chi connectivity index (χ0n) is 13.8. The van der Waals surface area contributed by atoms with Gasteiger partial charge in [0.25, 0.3) is 0 Å². The predicted molar refractivity (Wildman–Crippen MR) is 85.1 cm³/mol. The van der Waals surface area contributed by atoms with Gasteiger partial charge in [0.15, 0.2) is 11.6 Å². The van der Waals surface area contributed by atoms with Crippen LogP contribution in [0, 0.1) is 11.3 Å². The average Bonchev–Trinajstić information content (AvgIpc) is 2.76. The highest BCUT2D eigenvalue weighted by atomic mass is 31.0. The molecule has 0 amide bonds. The van der Waals surface area contributed by atoms with E-state index in [2.05, 4.69) is 36.9 Å². The Labute approximate surface area is 130 Å². The largest absolute Gasteiger partial charge is 0.343 e. The van der Waals surface area contributed by atoms with Gasteiger partial charge in [0.2, 0.25) is 0 Å². The van der Waals surface area contributed by atoms with E-state index in [1.807, 2.05) is 0 Å². The van der Waals surface area contributed by atoms with Gasteiger partial charge < -0.3 is 14.2 Å². The quantitative estimate of drug-likeness (QED) is 0.725. The van der Waals surface area contributed by atoms with Crippen LogP contribution in [-0.2, 0) is 14.2 Å². The van der Waals surface area contributed by atoms with Crippen LogP contribution in [0.1, 0.15) is 66.2 Å². The molecule has 3 nitrogen and oxygen atoms in total. The summed E-state index contributed by atoms with van der Waals surface area (Å²) in [5, 5.41) is 0. The topological polar surface area (TPSA) is 27.7 Å². The minimum atomic E-state index is -0.489. The van der Waals surface area contributed by atoms with E-state index >= 15 is 0 Å². The highest BCUT2D eigenvalue weighted by Gasteiger charge is 2.78. The van der Waals surface area contributed by atoms with Gasteiger partial charge in [0, 0.05) is 18.3 Å². The van der Waals surface area contributed by atoms with Crippen LogP contribution >= 0.6 is 9.24 Å². The van der Waals surface area contributed by atoms with Crippen molar-refractivity contribution >= 4 is 9.24 Å². The van der Waals surface area contributed by atoms with Crippen LogP contribution in [0.2, 0.25) is 0 Å². The number of ether oxygens (including phenoxy) is 3. The molecule has 5 rings (SSSR count). The zero-order valence-corrected chi connectivity index (χ0v) is 15.0. The van der Waals surface area contributed by atoms with E-state index in [1.165, 1.54) is 25.7 Å². The second kappa shape index (κ2) is 4.04. The van der Waals surface area contributed by atoms with Crippen molar-refractivity contribution in [3.05, 3.63) is 0 Å². The molecular weight excluding hydrogens is 283 g/mol. The fraction of sp³-hybridized carbons (Fsp3) is 1.00. The fourth-order valence-corrected chi connectivity index (χ4v) is 8.03. The van der Waals surface area contributed by atoms with Gasteiger partial charge in [0.1, 0.15) is 0 Å². The van der Waals surface area contributed by atoms with Crippen LogP contribution in [0.3, 0.4) is 0 Å². The maximum atomic E-state index is 6.63. The third-order valence-electron chi connectivity index (χ3n) is 6.89. The first-order valence-corrected chi connectivity index (χ1v) is 9.32. The number of hydrogen-bond acceptors (Lipinski definition) is 3. The summed E-state index contributed by atoms with van der Waals surface area (Å²) in [5.41, 5.74) is -0.225. The summed E-state index contributed by atoms with van der Waals surface area (Å²) in [4.78, 5) is 0. The molecule has 5 aliphatic rings. The van der Waals surface area contributed by atoms with Crippen molar-refractivity contribution in [3.63, 3.8) is 0 Å². The van der Waals surface area contributed by atoms with Gasteiger partial charge in [-0.3, -0.25) is 0 Å². The van der Waals surface area contributed by atoms with Crippen molar-refractivity contribution in [1.82, 2.24) is 0 Å². The summed E-state index contributed by atoms with van der Waals surface area (Å²) in [6, 6.07) is 0. The lowest BCUT2D eigenvalue weighted by molar-refractivity contribution is -0.548. The molecule has 0 aromatic rings. The molecule has 0 radical (unpaired) electrons. The zero-order chi connectivity index (χ0) is 15.1. The highest BCUT2D eigenvalue weighted by Crippen LogP contribution is 2.71. The molecule has 0 N–H and O–H groups in total. The number of hydrogen-bond donors (Lipinski definition) is 0. The molecule has 4 heteroatoms. The minimum Gasteiger partial charge on any atom is -0.343 e. The summed E-state index contributed by atoms with van der Waals surface area (Å²) >= 11 is 0. The standard InChI is InChI=1S/C17H29O3P/c1-13-9-15(3)19-14(2,10-16(4,18-13)20-15)17(13,11-21)12-7-5-6-8-12/h12H,5-11,21H2,1-4H3. The van der Waals surface area contributed by atoms with Crippen molar-refractivity contribution in [2.24, 2.45) is 11.3 Å². The Morgan fingerprint density at radius 3 is 1.76 bits per heavy atom. The van der Waals surface area contributed by atoms with Gasteiger partial charge in [-0.15, -0.1) is 9.24 Å². The van der Waals surface area contributed by atoms with Crippen LogP contribution in [0.4, 0.5) is 0 Å². The van der Waals surface area contributed by atoms with Crippen LogP contribution < -0.4 is 0 Å². The Morgan fingerprint density at radius 1 is 0.857 bits per heavy atom. The maximum absolute atomic E-state index is 6.63. The second-order valence-corrected chi connectivity index (χ2v) is 8.95. The molecule has 1 aliphatic carbocycles. The molecule has 0 spiro atoms. The molecule has 1 saturated carbocycles. The van der Waals surface area contributed by atoms with E-state index in [1.54, 1.807) is 0 Å². The molecule has 4 saturated heterocycles. The Balaban J connectivity index is 1.88. The van der Waals surface area contributed by atoms with E-state index < -0.39 is 11.6 Å². The van der Waals surface area contributed by atoms with E-state index in [-0.39, 0.29) is 16.6 Å². The van der Waals surface area contributed by atoms with Crippen LogP contribution in [0.25, 0.3) is 0 Å². The van der Waals surface area contributed by atoms with Crippen molar-refractivity contribution in [3.8, 4) is 0 Å². The van der Waals surface area contributed by atoms with Gasteiger partial charge in [-0.2, -0.15) is 0 Å². The van der Waals surface area contributed by atoms with Gasteiger partial charge in [0.05, 0.1) is 11.2 Å². The summed E-state index contributed by atoms with van der Waals surface area (Å²) in [6.07, 6.45) is 8.09. The first-order chi connectivity index (χ1) is 9.70. The van der Waals surface area contributed by atoms with Crippen LogP contribution in [0.15, 0.2) is 0 Å². The van der Waals surface area contributed by atoms with Crippen molar-refractivity contribution < 1.29 is 14.2 Å². The SMILES string of the molecule is CC12CC3(C)OC(C)(CC(C)(O1)C3(CP)C1CCCC1)O2. The van der Waals surface area contributed by atoms with E-state index in [0.717, 1.165) is 19.0 Å². The Morgan fingerprint density at radius 2 is 1.33 bits per heavy atom. The summed E-state index contributed by atoms with van der Waals surface area (Å²) in [5.74, 6) is -0.273. The molecule has 4 bridgehead atoms. The summed E-state index contributed by atoms with van der Waals surface area (Å²) in [6.45, 7) is 8.86. The summed E-state index contributed by atoms with van der Waals surface area (Å²) in [7, 11) is 3.02. The van der Waals surface area contributed by atoms with Gasteiger partial charge in [-0.05, 0) is 52.6 Å².